The third-order valence-corrected chi connectivity index (χ3v) is 2.05. The van der Waals surface area contributed by atoms with E-state index in [0.29, 0.717) is 30.8 Å². The minimum Gasteiger partial charge on any atom is -0.477 e. The topological polar surface area (TPSA) is 65.5 Å². The molecule has 1 saturated heterocycles. The van der Waals surface area contributed by atoms with Crippen molar-refractivity contribution in [3.8, 4) is 5.75 Å². The first-order valence-corrected chi connectivity index (χ1v) is 4.54. The van der Waals surface area contributed by atoms with Crippen LogP contribution in [-0.4, -0.2) is 30.0 Å². The van der Waals surface area contributed by atoms with E-state index in [1.165, 1.54) is 12.3 Å². The maximum Gasteiger partial charge on any atom is 0.347 e. The fourth-order valence-electron chi connectivity index (χ4n) is 1.28. The molecule has 78 valence electrons. The van der Waals surface area contributed by atoms with Gasteiger partial charge in [-0.3, -0.25) is 4.79 Å². The monoisotopic (exact) mass is 207 g/mol. The molecule has 0 N–H and O–H groups in total. The molecule has 5 nitrogen and oxygen atoms in total. The average molecular weight is 207 g/mol. The van der Waals surface area contributed by atoms with Gasteiger partial charge in [0.2, 0.25) is 0 Å². The lowest BCUT2D eigenvalue weighted by Crippen LogP contribution is -2.21. The van der Waals surface area contributed by atoms with Gasteiger partial charge in [-0.2, -0.15) is 0 Å². The second-order valence-electron chi connectivity index (χ2n) is 3.10. The fourth-order valence-corrected chi connectivity index (χ4v) is 1.28. The van der Waals surface area contributed by atoms with E-state index in [4.69, 9.17) is 9.47 Å². The molecule has 0 spiro atoms. The van der Waals surface area contributed by atoms with Crippen molar-refractivity contribution in [3.05, 3.63) is 24.0 Å². The van der Waals surface area contributed by atoms with Crippen LogP contribution in [0.25, 0.3) is 0 Å². The molecule has 1 aliphatic heterocycles. The first-order chi connectivity index (χ1) is 7.29. The number of carbonyl (C=O) groups is 2. The number of hydrogen-bond donors (Lipinski definition) is 0. The molecule has 1 unspecified atom stereocenters. The van der Waals surface area contributed by atoms with Crippen LogP contribution in [0.3, 0.4) is 0 Å². The number of nitrogens with zero attached hydrogens (tertiary/aromatic N) is 1. The molecular formula is C10H9NO4. The highest BCUT2D eigenvalue weighted by Gasteiger charge is 2.28. The largest absolute Gasteiger partial charge is 0.477 e. The van der Waals surface area contributed by atoms with Gasteiger partial charge < -0.3 is 9.47 Å². The van der Waals surface area contributed by atoms with Crippen LogP contribution in [0.15, 0.2) is 18.3 Å². The van der Waals surface area contributed by atoms with Gasteiger partial charge >= 0.3 is 5.97 Å². The summed E-state index contributed by atoms with van der Waals surface area (Å²) < 4.78 is 10.1. The normalized spacial score (nSPS) is 19.7. The number of hydrogen-bond acceptors (Lipinski definition) is 5. The van der Waals surface area contributed by atoms with E-state index in [0.717, 1.165) is 0 Å². The molecule has 1 fully saturated rings. The van der Waals surface area contributed by atoms with Crippen LogP contribution >= 0.6 is 0 Å². The van der Waals surface area contributed by atoms with Crippen molar-refractivity contribution in [3.63, 3.8) is 0 Å². The Morgan fingerprint density at radius 3 is 2.93 bits per heavy atom. The van der Waals surface area contributed by atoms with E-state index < -0.39 is 6.10 Å². The summed E-state index contributed by atoms with van der Waals surface area (Å²) in [4.78, 5) is 25.2. The molecule has 2 rings (SSSR count). The summed E-state index contributed by atoms with van der Waals surface area (Å²) in [7, 11) is 0. The van der Waals surface area contributed by atoms with Crippen molar-refractivity contribution >= 4 is 12.3 Å². The van der Waals surface area contributed by atoms with E-state index in [-0.39, 0.29) is 5.97 Å². The maximum atomic E-state index is 11.1. The molecular weight excluding hydrogens is 198 g/mol. The number of rotatable bonds is 3. The molecule has 5 heteroatoms. The molecule has 1 aromatic rings. The van der Waals surface area contributed by atoms with E-state index in [2.05, 4.69) is 4.98 Å². The summed E-state index contributed by atoms with van der Waals surface area (Å²) in [5, 5.41) is 0. The van der Waals surface area contributed by atoms with Crippen LogP contribution in [-0.2, 0) is 9.53 Å². The quantitative estimate of drug-likeness (QED) is 0.536. The number of esters is 1. The van der Waals surface area contributed by atoms with Crippen LogP contribution in [0.2, 0.25) is 0 Å². The summed E-state index contributed by atoms with van der Waals surface area (Å²) >= 11 is 0. The molecule has 1 atom stereocenters. The second kappa shape index (κ2) is 4.08. The SMILES string of the molecule is O=Cc1ccc(OC2CCOC2=O)cn1. The Morgan fingerprint density at radius 2 is 2.40 bits per heavy atom. The van der Waals surface area contributed by atoms with Crippen LogP contribution in [0, 0.1) is 0 Å². The van der Waals surface area contributed by atoms with Gasteiger partial charge in [0.15, 0.2) is 12.4 Å². The molecule has 0 saturated carbocycles. The van der Waals surface area contributed by atoms with E-state index in [1.54, 1.807) is 6.07 Å². The molecule has 0 aromatic carbocycles. The number of ether oxygens (including phenoxy) is 2. The van der Waals surface area contributed by atoms with E-state index in [1.807, 2.05) is 0 Å². The summed E-state index contributed by atoms with van der Waals surface area (Å²) in [5.41, 5.74) is 0.330. The highest BCUT2D eigenvalue weighted by Crippen LogP contribution is 2.16. The van der Waals surface area contributed by atoms with Gasteiger partial charge in [0.25, 0.3) is 0 Å². The molecule has 0 amide bonds. The lowest BCUT2D eigenvalue weighted by Gasteiger charge is -2.08. The van der Waals surface area contributed by atoms with E-state index >= 15 is 0 Å². The fraction of sp³-hybridized carbons (Fsp3) is 0.300. The first kappa shape index (κ1) is 9.64. The molecule has 0 bridgehead atoms. The van der Waals surface area contributed by atoms with Crippen molar-refractivity contribution < 1.29 is 19.1 Å². The van der Waals surface area contributed by atoms with Crippen molar-refractivity contribution in [1.82, 2.24) is 4.98 Å². The van der Waals surface area contributed by atoms with Gasteiger partial charge in [0.1, 0.15) is 11.4 Å². The van der Waals surface area contributed by atoms with Crippen molar-refractivity contribution in [2.75, 3.05) is 6.61 Å². The number of carbonyl (C=O) groups excluding carboxylic acids is 2. The van der Waals surface area contributed by atoms with E-state index in [9.17, 15) is 9.59 Å². The zero-order chi connectivity index (χ0) is 10.7. The molecule has 0 radical (unpaired) electrons. The third-order valence-electron chi connectivity index (χ3n) is 2.05. The number of pyridine rings is 1. The Balaban J connectivity index is 2.04. The Morgan fingerprint density at radius 1 is 1.53 bits per heavy atom. The summed E-state index contributed by atoms with van der Waals surface area (Å²) in [6.45, 7) is 0.392. The Labute approximate surface area is 86.0 Å². The molecule has 0 aliphatic carbocycles. The van der Waals surface area contributed by atoms with Crippen LogP contribution in [0.1, 0.15) is 16.9 Å². The van der Waals surface area contributed by atoms with Crippen LogP contribution in [0.4, 0.5) is 0 Å². The molecule has 1 aliphatic rings. The zero-order valence-electron chi connectivity index (χ0n) is 7.88. The Kier molecular flexibility index (Phi) is 2.62. The van der Waals surface area contributed by atoms with Gasteiger partial charge in [-0.05, 0) is 12.1 Å². The summed E-state index contributed by atoms with van der Waals surface area (Å²) in [6, 6.07) is 3.13. The molecule has 2 heterocycles. The number of cyclic esters (lactones) is 1. The standard InChI is InChI=1S/C10H9NO4/c12-6-7-1-2-8(5-11-7)15-9-3-4-14-10(9)13/h1-2,5-6,9H,3-4H2. The van der Waals surface area contributed by atoms with Gasteiger partial charge in [-0.25, -0.2) is 9.78 Å². The summed E-state index contributed by atoms with van der Waals surface area (Å²) in [6.07, 6.45) is 2.06. The Hall–Kier alpha value is -1.91. The third kappa shape index (κ3) is 2.12. The van der Waals surface area contributed by atoms with Gasteiger partial charge in [-0.15, -0.1) is 0 Å². The maximum absolute atomic E-state index is 11.1. The highest BCUT2D eigenvalue weighted by molar-refractivity contribution is 5.76. The smallest absolute Gasteiger partial charge is 0.347 e. The summed E-state index contributed by atoms with van der Waals surface area (Å²) in [5.74, 6) is 0.110. The van der Waals surface area contributed by atoms with Crippen LogP contribution in [0.5, 0.6) is 5.75 Å². The number of aldehydes is 1. The van der Waals surface area contributed by atoms with Gasteiger partial charge in [-0.1, -0.05) is 0 Å². The lowest BCUT2D eigenvalue weighted by atomic mass is 10.3. The Bertz CT molecular complexity index is 374. The first-order valence-electron chi connectivity index (χ1n) is 4.54. The number of aromatic nitrogens is 1. The lowest BCUT2D eigenvalue weighted by molar-refractivity contribution is -0.143. The highest BCUT2D eigenvalue weighted by atomic mass is 16.6. The van der Waals surface area contributed by atoms with Crippen molar-refractivity contribution in [2.45, 2.75) is 12.5 Å². The second-order valence-corrected chi connectivity index (χ2v) is 3.10. The zero-order valence-corrected chi connectivity index (χ0v) is 7.88. The molecule has 15 heavy (non-hydrogen) atoms. The van der Waals surface area contributed by atoms with Gasteiger partial charge in [0, 0.05) is 6.42 Å². The van der Waals surface area contributed by atoms with Crippen LogP contribution < -0.4 is 4.74 Å². The van der Waals surface area contributed by atoms with Gasteiger partial charge in [0.05, 0.1) is 12.8 Å². The predicted molar refractivity (Wildman–Crippen MR) is 49.6 cm³/mol. The predicted octanol–water partition coefficient (Wildman–Crippen LogP) is 0.588. The van der Waals surface area contributed by atoms with Crippen molar-refractivity contribution in [1.29, 1.82) is 0 Å². The minimum atomic E-state index is -0.547. The molecule has 1 aromatic heterocycles. The van der Waals surface area contributed by atoms with Crippen molar-refractivity contribution in [2.24, 2.45) is 0 Å². The minimum absolute atomic E-state index is 0.330. The average Bonchev–Trinajstić information content (AvgIpc) is 2.66.